The first-order chi connectivity index (χ1) is 5.57. The van der Waals surface area contributed by atoms with Crippen molar-refractivity contribution < 1.29 is 14.6 Å². The van der Waals surface area contributed by atoms with Gasteiger partial charge in [-0.25, -0.2) is 4.39 Å². The maximum atomic E-state index is 13.0. The van der Waals surface area contributed by atoms with Gasteiger partial charge in [-0.05, 0) is 30.5 Å². The Morgan fingerprint density at radius 1 is 1.42 bits per heavy atom. The van der Waals surface area contributed by atoms with Crippen molar-refractivity contribution in [3.8, 4) is 5.75 Å². The minimum absolute atomic E-state index is 0.180. The van der Waals surface area contributed by atoms with Crippen LogP contribution in [0, 0.1) is 19.7 Å². The zero-order valence-electron chi connectivity index (χ0n) is 7.06. The second-order valence-electron chi connectivity index (χ2n) is 2.80. The lowest BCUT2D eigenvalue weighted by Gasteiger charge is -2.07. The smallest absolute Gasteiger partial charge is 0.167 e. The lowest BCUT2D eigenvalue weighted by molar-refractivity contribution is 0.279. The average Bonchev–Trinajstić information content (AvgIpc) is 2.08. The van der Waals surface area contributed by atoms with Crippen LogP contribution in [0.1, 0.15) is 16.7 Å². The molecule has 0 heterocycles. The summed E-state index contributed by atoms with van der Waals surface area (Å²) in [4.78, 5) is 0. The zero-order chi connectivity index (χ0) is 9.30. The SMILES string of the molecule is Cc1cc(CO)c(C)c(O)c1F. The van der Waals surface area contributed by atoms with E-state index in [1.807, 2.05) is 0 Å². The summed E-state index contributed by atoms with van der Waals surface area (Å²) in [5, 5.41) is 18.0. The van der Waals surface area contributed by atoms with Crippen LogP contribution < -0.4 is 0 Å². The van der Waals surface area contributed by atoms with Crippen molar-refractivity contribution in [1.82, 2.24) is 0 Å². The maximum Gasteiger partial charge on any atom is 0.167 e. The molecule has 0 bridgehead atoms. The van der Waals surface area contributed by atoms with Gasteiger partial charge in [0.15, 0.2) is 11.6 Å². The number of hydrogen-bond donors (Lipinski definition) is 2. The Bertz CT molecular complexity index is 308. The Morgan fingerprint density at radius 2 is 2.00 bits per heavy atom. The van der Waals surface area contributed by atoms with Crippen LogP contribution in [0.4, 0.5) is 4.39 Å². The number of rotatable bonds is 1. The summed E-state index contributed by atoms with van der Waals surface area (Å²) in [5.41, 5.74) is 1.31. The summed E-state index contributed by atoms with van der Waals surface area (Å²) in [7, 11) is 0. The van der Waals surface area contributed by atoms with Gasteiger partial charge in [-0.1, -0.05) is 6.07 Å². The molecule has 2 nitrogen and oxygen atoms in total. The van der Waals surface area contributed by atoms with Crippen molar-refractivity contribution in [1.29, 1.82) is 0 Å². The molecule has 0 atom stereocenters. The molecule has 66 valence electrons. The average molecular weight is 170 g/mol. The highest BCUT2D eigenvalue weighted by molar-refractivity contribution is 5.42. The molecule has 1 rings (SSSR count). The van der Waals surface area contributed by atoms with E-state index in [-0.39, 0.29) is 12.4 Å². The molecule has 0 aliphatic rings. The Balaban J connectivity index is 3.39. The molecule has 0 spiro atoms. The highest BCUT2D eigenvalue weighted by Crippen LogP contribution is 2.26. The van der Waals surface area contributed by atoms with Gasteiger partial charge in [-0.15, -0.1) is 0 Å². The monoisotopic (exact) mass is 170 g/mol. The number of benzene rings is 1. The molecule has 0 fully saturated rings. The van der Waals surface area contributed by atoms with E-state index in [4.69, 9.17) is 5.11 Å². The molecule has 2 N–H and O–H groups in total. The van der Waals surface area contributed by atoms with Crippen LogP contribution in [0.5, 0.6) is 5.75 Å². The molecule has 12 heavy (non-hydrogen) atoms. The van der Waals surface area contributed by atoms with Gasteiger partial charge in [-0.2, -0.15) is 0 Å². The lowest BCUT2D eigenvalue weighted by Crippen LogP contribution is -1.94. The van der Waals surface area contributed by atoms with Gasteiger partial charge in [0, 0.05) is 0 Å². The van der Waals surface area contributed by atoms with Crippen molar-refractivity contribution >= 4 is 0 Å². The topological polar surface area (TPSA) is 40.5 Å². The van der Waals surface area contributed by atoms with E-state index in [1.165, 1.54) is 6.07 Å². The van der Waals surface area contributed by atoms with Crippen LogP contribution in [0.3, 0.4) is 0 Å². The lowest BCUT2D eigenvalue weighted by atomic mass is 10.0. The van der Waals surface area contributed by atoms with E-state index in [0.717, 1.165) is 0 Å². The Hall–Kier alpha value is -1.09. The predicted octanol–water partition coefficient (Wildman–Crippen LogP) is 1.64. The van der Waals surface area contributed by atoms with Crippen LogP contribution in [-0.2, 0) is 6.61 Å². The first kappa shape index (κ1) is 9.00. The number of aliphatic hydroxyl groups excluding tert-OH is 1. The summed E-state index contributed by atoms with van der Waals surface area (Å²) in [6.07, 6.45) is 0. The highest BCUT2D eigenvalue weighted by Gasteiger charge is 2.10. The number of aryl methyl sites for hydroxylation is 1. The number of phenols is 1. The third kappa shape index (κ3) is 1.28. The van der Waals surface area contributed by atoms with E-state index in [1.54, 1.807) is 13.8 Å². The second kappa shape index (κ2) is 3.11. The number of halogens is 1. The summed E-state index contributed by atoms with van der Waals surface area (Å²) in [6.45, 7) is 2.94. The van der Waals surface area contributed by atoms with Crippen molar-refractivity contribution in [3.05, 3.63) is 28.6 Å². The Morgan fingerprint density at radius 3 is 2.50 bits per heavy atom. The van der Waals surface area contributed by atoms with Crippen molar-refractivity contribution in [3.63, 3.8) is 0 Å². The minimum atomic E-state index is -0.607. The maximum absolute atomic E-state index is 13.0. The van der Waals surface area contributed by atoms with E-state index in [9.17, 15) is 9.50 Å². The third-order valence-corrected chi connectivity index (χ3v) is 1.95. The first-order valence-corrected chi connectivity index (χ1v) is 3.66. The highest BCUT2D eigenvalue weighted by atomic mass is 19.1. The van der Waals surface area contributed by atoms with Gasteiger partial charge in [0.1, 0.15) is 0 Å². The minimum Gasteiger partial charge on any atom is -0.505 e. The fourth-order valence-corrected chi connectivity index (χ4v) is 1.10. The Labute approximate surface area is 70.3 Å². The van der Waals surface area contributed by atoms with Crippen LogP contribution in [-0.4, -0.2) is 10.2 Å². The Kier molecular flexibility index (Phi) is 2.33. The molecule has 0 aliphatic heterocycles. The quantitative estimate of drug-likeness (QED) is 0.672. The molecule has 0 unspecified atom stereocenters. The van der Waals surface area contributed by atoms with Gasteiger partial charge < -0.3 is 10.2 Å². The number of aliphatic hydroxyl groups is 1. The van der Waals surface area contributed by atoms with Crippen LogP contribution >= 0.6 is 0 Å². The summed E-state index contributed by atoms with van der Waals surface area (Å²) >= 11 is 0. The number of aromatic hydroxyl groups is 1. The molecular weight excluding hydrogens is 159 g/mol. The molecule has 0 radical (unpaired) electrons. The molecule has 0 saturated carbocycles. The van der Waals surface area contributed by atoms with E-state index in [0.29, 0.717) is 16.7 Å². The third-order valence-electron chi connectivity index (χ3n) is 1.95. The van der Waals surface area contributed by atoms with Gasteiger partial charge in [0.2, 0.25) is 0 Å². The summed E-state index contributed by atoms with van der Waals surface area (Å²) in [6, 6.07) is 1.53. The van der Waals surface area contributed by atoms with Crippen LogP contribution in [0.2, 0.25) is 0 Å². The zero-order valence-corrected chi connectivity index (χ0v) is 7.06. The molecule has 0 aromatic heterocycles. The number of phenolic OH excluding ortho intramolecular Hbond substituents is 1. The fourth-order valence-electron chi connectivity index (χ4n) is 1.10. The fraction of sp³-hybridized carbons (Fsp3) is 0.333. The van der Waals surface area contributed by atoms with Crippen molar-refractivity contribution in [2.75, 3.05) is 0 Å². The second-order valence-corrected chi connectivity index (χ2v) is 2.80. The largest absolute Gasteiger partial charge is 0.505 e. The van der Waals surface area contributed by atoms with Gasteiger partial charge in [0.25, 0.3) is 0 Å². The molecule has 1 aromatic carbocycles. The predicted molar refractivity (Wildman–Crippen MR) is 43.5 cm³/mol. The van der Waals surface area contributed by atoms with Gasteiger partial charge >= 0.3 is 0 Å². The van der Waals surface area contributed by atoms with E-state index >= 15 is 0 Å². The molecule has 0 saturated heterocycles. The molecule has 1 aromatic rings. The van der Waals surface area contributed by atoms with Crippen LogP contribution in [0.15, 0.2) is 6.07 Å². The molecule has 3 heteroatoms. The normalized spacial score (nSPS) is 10.3. The van der Waals surface area contributed by atoms with Crippen molar-refractivity contribution in [2.24, 2.45) is 0 Å². The van der Waals surface area contributed by atoms with Gasteiger partial charge in [0.05, 0.1) is 6.61 Å². The number of hydrogen-bond acceptors (Lipinski definition) is 2. The van der Waals surface area contributed by atoms with Crippen LogP contribution in [0.25, 0.3) is 0 Å². The summed E-state index contributed by atoms with van der Waals surface area (Å²) in [5.74, 6) is -0.969. The van der Waals surface area contributed by atoms with Gasteiger partial charge in [-0.3, -0.25) is 0 Å². The van der Waals surface area contributed by atoms with E-state index in [2.05, 4.69) is 0 Å². The van der Waals surface area contributed by atoms with E-state index < -0.39 is 5.82 Å². The molecule has 0 aliphatic carbocycles. The first-order valence-electron chi connectivity index (χ1n) is 3.66. The summed E-state index contributed by atoms with van der Waals surface area (Å²) < 4.78 is 13.0. The van der Waals surface area contributed by atoms with Crippen molar-refractivity contribution in [2.45, 2.75) is 20.5 Å². The standard InChI is InChI=1S/C9H11FO2/c1-5-3-7(4-11)6(2)9(12)8(5)10/h3,11-12H,4H2,1-2H3. The molecule has 0 amide bonds. The molecular formula is C9H11FO2.